The zero-order valence-electron chi connectivity index (χ0n) is 11.6. The van der Waals surface area contributed by atoms with Crippen LogP contribution in [0.1, 0.15) is 53.4 Å². The van der Waals surface area contributed by atoms with Crippen molar-refractivity contribution in [2.24, 2.45) is 11.8 Å². The second-order valence-electron chi connectivity index (χ2n) is 5.12. The lowest BCUT2D eigenvalue weighted by Gasteiger charge is -2.11. The van der Waals surface area contributed by atoms with Crippen LogP contribution in [-0.2, 0) is 9.47 Å². The fraction of sp³-hybridized carbons (Fsp3) is 1.00. The smallest absolute Gasteiger partial charge is 0.0700 e. The van der Waals surface area contributed by atoms with Gasteiger partial charge in [-0.15, -0.1) is 0 Å². The summed E-state index contributed by atoms with van der Waals surface area (Å²) >= 11 is 0. The van der Waals surface area contributed by atoms with Gasteiger partial charge in [-0.25, -0.2) is 0 Å². The predicted octanol–water partition coefficient (Wildman–Crippen LogP) is 3.89. The number of ether oxygens (including phenoxy) is 2. The van der Waals surface area contributed by atoms with Gasteiger partial charge in [-0.1, -0.05) is 40.5 Å². The van der Waals surface area contributed by atoms with Crippen LogP contribution in [0.5, 0.6) is 0 Å². The quantitative estimate of drug-likeness (QED) is 0.501. The summed E-state index contributed by atoms with van der Waals surface area (Å²) in [6.45, 7) is 12.2. The first-order chi connectivity index (χ1) is 7.66. The number of rotatable bonds is 11. The summed E-state index contributed by atoms with van der Waals surface area (Å²) in [6, 6.07) is 0. The van der Waals surface area contributed by atoms with Crippen LogP contribution in [0.4, 0.5) is 0 Å². The van der Waals surface area contributed by atoms with E-state index < -0.39 is 0 Å². The summed E-state index contributed by atoms with van der Waals surface area (Å²) in [5.41, 5.74) is 0. The monoisotopic (exact) mass is 230 g/mol. The summed E-state index contributed by atoms with van der Waals surface area (Å²) in [5.74, 6) is 1.42. The third kappa shape index (κ3) is 12.0. The van der Waals surface area contributed by atoms with Crippen LogP contribution >= 0.6 is 0 Å². The van der Waals surface area contributed by atoms with E-state index in [1.54, 1.807) is 0 Å². The number of unbranched alkanes of at least 4 members (excludes halogenated alkanes) is 1. The molecule has 0 N–H and O–H groups in total. The van der Waals surface area contributed by atoms with E-state index in [-0.39, 0.29) is 0 Å². The van der Waals surface area contributed by atoms with Crippen molar-refractivity contribution in [1.29, 1.82) is 0 Å². The van der Waals surface area contributed by atoms with Gasteiger partial charge >= 0.3 is 0 Å². The summed E-state index contributed by atoms with van der Waals surface area (Å²) in [4.78, 5) is 0. The minimum atomic E-state index is 0.690. The average molecular weight is 230 g/mol. The molecule has 1 unspecified atom stereocenters. The molecule has 0 amide bonds. The molecule has 0 aliphatic rings. The van der Waals surface area contributed by atoms with Crippen LogP contribution in [-0.4, -0.2) is 26.4 Å². The van der Waals surface area contributed by atoms with Crippen molar-refractivity contribution in [3.8, 4) is 0 Å². The van der Waals surface area contributed by atoms with E-state index in [2.05, 4.69) is 27.7 Å². The van der Waals surface area contributed by atoms with Gasteiger partial charge in [0.1, 0.15) is 0 Å². The fourth-order valence-corrected chi connectivity index (χ4v) is 1.46. The molecule has 0 aromatic rings. The van der Waals surface area contributed by atoms with Crippen LogP contribution in [0, 0.1) is 11.8 Å². The molecule has 0 saturated carbocycles. The Balaban J connectivity index is 3.08. The van der Waals surface area contributed by atoms with Crippen molar-refractivity contribution in [3.05, 3.63) is 0 Å². The standard InChI is InChI=1S/C14H30O2/c1-5-6-7-14(4)12-16-11-10-15-9-8-13(2)3/h13-14H,5-12H2,1-4H3. The van der Waals surface area contributed by atoms with Gasteiger partial charge in [0.05, 0.1) is 13.2 Å². The lowest BCUT2D eigenvalue weighted by atomic mass is 10.1. The third-order valence-electron chi connectivity index (χ3n) is 2.66. The van der Waals surface area contributed by atoms with E-state index in [0.29, 0.717) is 5.92 Å². The molecule has 0 aliphatic heterocycles. The zero-order valence-corrected chi connectivity index (χ0v) is 11.6. The highest BCUT2D eigenvalue weighted by atomic mass is 16.5. The SMILES string of the molecule is CCCCC(C)COCCOCCC(C)C. The van der Waals surface area contributed by atoms with Crippen molar-refractivity contribution < 1.29 is 9.47 Å². The fourth-order valence-electron chi connectivity index (χ4n) is 1.46. The lowest BCUT2D eigenvalue weighted by Crippen LogP contribution is -2.11. The lowest BCUT2D eigenvalue weighted by molar-refractivity contribution is 0.0314. The first-order valence-corrected chi connectivity index (χ1v) is 6.82. The molecule has 0 spiro atoms. The first kappa shape index (κ1) is 15.9. The highest BCUT2D eigenvalue weighted by Gasteiger charge is 2.01. The van der Waals surface area contributed by atoms with E-state index in [1.807, 2.05) is 0 Å². The first-order valence-electron chi connectivity index (χ1n) is 6.82. The van der Waals surface area contributed by atoms with Crippen molar-refractivity contribution in [2.45, 2.75) is 53.4 Å². The molecule has 0 bridgehead atoms. The number of hydrogen-bond acceptors (Lipinski definition) is 2. The Kier molecular flexibility index (Phi) is 11.3. The second-order valence-corrected chi connectivity index (χ2v) is 5.12. The minimum absolute atomic E-state index is 0.690. The van der Waals surface area contributed by atoms with Crippen molar-refractivity contribution in [1.82, 2.24) is 0 Å². The van der Waals surface area contributed by atoms with Crippen LogP contribution in [0.3, 0.4) is 0 Å². The third-order valence-corrected chi connectivity index (χ3v) is 2.66. The Morgan fingerprint density at radius 1 is 0.875 bits per heavy atom. The van der Waals surface area contributed by atoms with Crippen molar-refractivity contribution in [3.63, 3.8) is 0 Å². The molecule has 0 aromatic carbocycles. The van der Waals surface area contributed by atoms with E-state index in [9.17, 15) is 0 Å². The summed E-state index contributed by atoms with van der Waals surface area (Å²) in [5, 5.41) is 0. The molecular weight excluding hydrogens is 200 g/mol. The predicted molar refractivity (Wildman–Crippen MR) is 69.8 cm³/mol. The van der Waals surface area contributed by atoms with Gasteiger partial charge in [0.15, 0.2) is 0 Å². The molecule has 98 valence electrons. The largest absolute Gasteiger partial charge is 0.379 e. The Morgan fingerprint density at radius 3 is 2.19 bits per heavy atom. The maximum atomic E-state index is 5.57. The Labute approximate surface area is 102 Å². The Morgan fingerprint density at radius 2 is 1.56 bits per heavy atom. The van der Waals surface area contributed by atoms with Crippen LogP contribution in [0.2, 0.25) is 0 Å². The number of hydrogen-bond donors (Lipinski definition) is 0. The summed E-state index contributed by atoms with van der Waals surface area (Å²) in [7, 11) is 0. The molecule has 0 fully saturated rings. The van der Waals surface area contributed by atoms with Crippen LogP contribution < -0.4 is 0 Å². The Bertz CT molecular complexity index is 135. The molecule has 0 aliphatic carbocycles. The molecule has 2 nitrogen and oxygen atoms in total. The maximum Gasteiger partial charge on any atom is 0.0700 e. The minimum Gasteiger partial charge on any atom is -0.379 e. The topological polar surface area (TPSA) is 18.5 Å². The average Bonchev–Trinajstić information content (AvgIpc) is 2.24. The van der Waals surface area contributed by atoms with E-state index >= 15 is 0 Å². The molecular formula is C14H30O2. The van der Waals surface area contributed by atoms with Gasteiger partial charge in [0.25, 0.3) is 0 Å². The van der Waals surface area contributed by atoms with E-state index in [1.165, 1.54) is 19.3 Å². The van der Waals surface area contributed by atoms with Gasteiger partial charge in [-0.2, -0.15) is 0 Å². The second kappa shape index (κ2) is 11.4. The van der Waals surface area contributed by atoms with Crippen molar-refractivity contribution in [2.75, 3.05) is 26.4 Å². The Hall–Kier alpha value is -0.0800. The van der Waals surface area contributed by atoms with Gasteiger partial charge in [0, 0.05) is 13.2 Å². The maximum absolute atomic E-state index is 5.57. The van der Waals surface area contributed by atoms with Gasteiger partial charge < -0.3 is 9.47 Å². The zero-order chi connectivity index (χ0) is 12.2. The molecule has 1 atom stereocenters. The summed E-state index contributed by atoms with van der Waals surface area (Å²) < 4.78 is 11.1. The molecule has 0 radical (unpaired) electrons. The summed E-state index contributed by atoms with van der Waals surface area (Å²) in [6.07, 6.45) is 5.02. The molecule has 0 rings (SSSR count). The van der Waals surface area contributed by atoms with E-state index in [0.717, 1.165) is 38.8 Å². The molecule has 0 saturated heterocycles. The van der Waals surface area contributed by atoms with Gasteiger partial charge in [0.2, 0.25) is 0 Å². The van der Waals surface area contributed by atoms with Crippen LogP contribution in [0.15, 0.2) is 0 Å². The molecule has 16 heavy (non-hydrogen) atoms. The van der Waals surface area contributed by atoms with Crippen molar-refractivity contribution >= 4 is 0 Å². The van der Waals surface area contributed by atoms with Gasteiger partial charge in [-0.3, -0.25) is 0 Å². The highest BCUT2D eigenvalue weighted by Crippen LogP contribution is 2.07. The molecule has 2 heteroatoms. The van der Waals surface area contributed by atoms with E-state index in [4.69, 9.17) is 9.47 Å². The normalized spacial score (nSPS) is 13.3. The van der Waals surface area contributed by atoms with Gasteiger partial charge in [-0.05, 0) is 24.7 Å². The van der Waals surface area contributed by atoms with Crippen LogP contribution in [0.25, 0.3) is 0 Å². The molecule has 0 heterocycles. The highest BCUT2D eigenvalue weighted by molar-refractivity contribution is 4.50. The molecule has 0 aromatic heterocycles.